The fourth-order valence-corrected chi connectivity index (χ4v) is 4.55. The topological polar surface area (TPSA) is 61.2 Å². The molecule has 8 heteroatoms. The van der Waals surface area contributed by atoms with Gasteiger partial charge in [0, 0.05) is 11.3 Å². The number of halogens is 2. The van der Waals surface area contributed by atoms with E-state index < -0.39 is 6.61 Å². The predicted octanol–water partition coefficient (Wildman–Crippen LogP) is 5.03. The number of alkyl halides is 2. The van der Waals surface area contributed by atoms with Crippen molar-refractivity contribution in [3.63, 3.8) is 0 Å². The molecule has 160 valence electrons. The lowest BCUT2D eigenvalue weighted by Crippen LogP contribution is -2.18. The van der Waals surface area contributed by atoms with Crippen LogP contribution < -0.4 is 4.74 Å². The number of rotatable bonds is 7. The number of para-hydroxylation sites is 1. The molecule has 4 rings (SSSR count). The van der Waals surface area contributed by atoms with Crippen LogP contribution >= 0.6 is 11.8 Å². The molecule has 0 amide bonds. The van der Waals surface area contributed by atoms with Gasteiger partial charge in [0.1, 0.15) is 5.75 Å². The van der Waals surface area contributed by atoms with Crippen LogP contribution in [0.25, 0.3) is 0 Å². The van der Waals surface area contributed by atoms with E-state index in [9.17, 15) is 18.4 Å². The minimum atomic E-state index is -3.02. The number of carbonyl (C=O) groups excluding carboxylic acids is 2. The summed E-state index contributed by atoms with van der Waals surface area (Å²) in [6, 6.07) is 14.8. The molecular weight excluding hydrogens is 422 g/mol. The van der Waals surface area contributed by atoms with Crippen molar-refractivity contribution < 1.29 is 23.1 Å². The van der Waals surface area contributed by atoms with Crippen LogP contribution in [0.1, 0.15) is 44.9 Å². The van der Waals surface area contributed by atoms with Crippen LogP contribution in [0.5, 0.6) is 5.75 Å². The van der Waals surface area contributed by atoms with E-state index in [2.05, 4.69) is 9.72 Å². The number of ketones is 1. The second-order valence-electron chi connectivity index (χ2n) is 7.09. The van der Waals surface area contributed by atoms with Gasteiger partial charge in [0.2, 0.25) is 0 Å². The van der Waals surface area contributed by atoms with Crippen LogP contribution in [-0.4, -0.2) is 33.6 Å². The summed E-state index contributed by atoms with van der Waals surface area (Å²) < 4.78 is 31.4. The summed E-state index contributed by atoms with van der Waals surface area (Å²) in [5.41, 5.74) is 2.38. The van der Waals surface area contributed by atoms with E-state index in [1.807, 2.05) is 6.07 Å². The molecule has 0 unspecified atom stereocenters. The average molecular weight is 442 g/mol. The largest absolute Gasteiger partial charge is 0.434 e. The molecule has 0 N–H and O–H groups in total. The van der Waals surface area contributed by atoms with Crippen LogP contribution in [0.3, 0.4) is 0 Å². The number of fused-ring (bicyclic) bond motifs is 1. The molecule has 1 aliphatic carbocycles. The van der Waals surface area contributed by atoms with Crippen molar-refractivity contribution in [1.82, 2.24) is 9.55 Å². The van der Waals surface area contributed by atoms with Crippen LogP contribution in [0, 0.1) is 0 Å². The molecule has 3 aromatic rings. The Morgan fingerprint density at radius 1 is 1.03 bits per heavy atom. The van der Waals surface area contributed by atoms with Gasteiger partial charge in [-0.3, -0.25) is 14.2 Å². The Morgan fingerprint density at radius 3 is 2.52 bits per heavy atom. The Morgan fingerprint density at radius 2 is 1.74 bits per heavy atom. The van der Waals surface area contributed by atoms with E-state index in [1.165, 1.54) is 18.2 Å². The molecular formula is C23H20F2N2O3S. The molecule has 31 heavy (non-hydrogen) atoms. The van der Waals surface area contributed by atoms with Crippen LogP contribution in [0.4, 0.5) is 8.78 Å². The lowest BCUT2D eigenvalue weighted by Gasteiger charge is -2.14. The molecule has 2 aromatic carbocycles. The molecule has 0 fully saturated rings. The number of aromatic nitrogens is 2. The van der Waals surface area contributed by atoms with Gasteiger partial charge in [0.15, 0.2) is 10.9 Å². The highest BCUT2D eigenvalue weighted by molar-refractivity contribution is 7.99. The number of imidazole rings is 1. The normalized spacial score (nSPS) is 13.1. The summed E-state index contributed by atoms with van der Waals surface area (Å²) in [6.45, 7) is -3.02. The fourth-order valence-electron chi connectivity index (χ4n) is 3.64. The third-order valence-electron chi connectivity index (χ3n) is 5.06. The molecule has 1 aliphatic rings. The van der Waals surface area contributed by atoms with Gasteiger partial charge in [-0.05, 0) is 49.9 Å². The number of nitrogens with zero attached hydrogens (tertiary/aromatic N) is 2. The Kier molecular flexibility index (Phi) is 6.46. The van der Waals surface area contributed by atoms with Crippen LogP contribution in [0.15, 0.2) is 59.8 Å². The lowest BCUT2D eigenvalue weighted by atomic mass is 10.0. The standard InChI is InChI=1S/C23H20F2N2O3S/c24-22(25)30-20-13-7-4-10-16(20)19(28)14-31-23-26-17-11-5-6-12-18(17)27(23)21(29)15-8-2-1-3-9-15/h1-4,7-10,13,22H,5-6,11-12,14H2. The van der Waals surface area contributed by atoms with Crippen molar-refractivity contribution in [3.8, 4) is 5.75 Å². The van der Waals surface area contributed by atoms with E-state index >= 15 is 0 Å². The second kappa shape index (κ2) is 9.43. The number of Topliss-reactive ketones (excluding diaryl/α,β-unsaturated/α-hetero) is 1. The summed E-state index contributed by atoms with van der Waals surface area (Å²) in [5.74, 6) is -0.777. The quantitative estimate of drug-likeness (QED) is 0.380. The number of hydrogen-bond donors (Lipinski definition) is 0. The summed E-state index contributed by atoms with van der Waals surface area (Å²) in [7, 11) is 0. The second-order valence-corrected chi connectivity index (χ2v) is 8.03. The van der Waals surface area contributed by atoms with E-state index in [0.29, 0.717) is 10.7 Å². The van der Waals surface area contributed by atoms with Crippen LogP contribution in [-0.2, 0) is 12.8 Å². The van der Waals surface area contributed by atoms with Crippen molar-refractivity contribution in [2.75, 3.05) is 5.75 Å². The molecule has 0 aliphatic heterocycles. The number of carbonyl (C=O) groups is 2. The van der Waals surface area contributed by atoms with E-state index in [-0.39, 0.29) is 28.8 Å². The van der Waals surface area contributed by atoms with Crippen molar-refractivity contribution in [3.05, 3.63) is 77.1 Å². The molecule has 0 atom stereocenters. The smallest absolute Gasteiger partial charge is 0.387 e. The predicted molar refractivity (Wildman–Crippen MR) is 113 cm³/mol. The van der Waals surface area contributed by atoms with Crippen molar-refractivity contribution >= 4 is 23.5 Å². The molecule has 0 saturated heterocycles. The van der Waals surface area contributed by atoms with E-state index in [0.717, 1.165) is 48.8 Å². The molecule has 1 heterocycles. The molecule has 0 saturated carbocycles. The Hall–Kier alpha value is -3.00. The number of ether oxygens (including phenoxy) is 1. The summed E-state index contributed by atoms with van der Waals surface area (Å²) in [6.07, 6.45) is 3.52. The highest BCUT2D eigenvalue weighted by Gasteiger charge is 2.26. The van der Waals surface area contributed by atoms with E-state index in [4.69, 9.17) is 0 Å². The third-order valence-corrected chi connectivity index (χ3v) is 6.00. The Bertz CT molecular complexity index is 1100. The number of benzene rings is 2. The van der Waals surface area contributed by atoms with Gasteiger partial charge < -0.3 is 4.74 Å². The summed E-state index contributed by atoms with van der Waals surface area (Å²) in [5, 5.41) is 0.446. The minimum absolute atomic E-state index is 0.0540. The first-order chi connectivity index (χ1) is 15.0. The average Bonchev–Trinajstić information content (AvgIpc) is 3.16. The minimum Gasteiger partial charge on any atom is -0.434 e. The van der Waals surface area contributed by atoms with Crippen molar-refractivity contribution in [2.24, 2.45) is 0 Å². The molecule has 1 aromatic heterocycles. The molecule has 0 spiro atoms. The van der Waals surface area contributed by atoms with E-state index in [1.54, 1.807) is 34.9 Å². The highest BCUT2D eigenvalue weighted by Crippen LogP contribution is 2.30. The fraction of sp³-hybridized carbons (Fsp3) is 0.261. The SMILES string of the molecule is O=C(CSc1nc2c(n1C(=O)c1ccccc1)CCCC2)c1ccccc1OC(F)F. The zero-order valence-corrected chi connectivity index (χ0v) is 17.4. The maximum Gasteiger partial charge on any atom is 0.387 e. The zero-order chi connectivity index (χ0) is 21.8. The Balaban J connectivity index is 1.60. The number of aryl methyl sites for hydroxylation is 1. The van der Waals surface area contributed by atoms with Crippen LogP contribution in [0.2, 0.25) is 0 Å². The molecule has 5 nitrogen and oxygen atoms in total. The van der Waals surface area contributed by atoms with Gasteiger partial charge in [-0.25, -0.2) is 4.98 Å². The Labute approximate surface area is 182 Å². The van der Waals surface area contributed by atoms with Crippen molar-refractivity contribution in [2.45, 2.75) is 37.5 Å². The third kappa shape index (κ3) is 4.69. The van der Waals surface area contributed by atoms with Crippen molar-refractivity contribution in [1.29, 1.82) is 0 Å². The van der Waals surface area contributed by atoms with Gasteiger partial charge in [-0.1, -0.05) is 42.1 Å². The molecule has 0 bridgehead atoms. The highest BCUT2D eigenvalue weighted by atomic mass is 32.2. The first-order valence-electron chi connectivity index (χ1n) is 9.94. The summed E-state index contributed by atoms with van der Waals surface area (Å²) >= 11 is 1.13. The van der Waals surface area contributed by atoms with Gasteiger partial charge in [-0.15, -0.1) is 0 Å². The first kappa shape index (κ1) is 21.2. The summed E-state index contributed by atoms with van der Waals surface area (Å²) in [4.78, 5) is 30.6. The van der Waals surface area contributed by atoms with Gasteiger partial charge >= 0.3 is 6.61 Å². The molecule has 0 radical (unpaired) electrons. The maximum absolute atomic E-state index is 13.2. The monoisotopic (exact) mass is 442 g/mol. The van der Waals surface area contributed by atoms with Gasteiger partial charge in [-0.2, -0.15) is 8.78 Å². The zero-order valence-electron chi connectivity index (χ0n) is 16.6. The number of hydrogen-bond acceptors (Lipinski definition) is 5. The van der Waals surface area contributed by atoms with Gasteiger partial charge in [0.25, 0.3) is 5.91 Å². The van der Waals surface area contributed by atoms with Gasteiger partial charge in [0.05, 0.1) is 17.0 Å². The maximum atomic E-state index is 13.2. The lowest BCUT2D eigenvalue weighted by molar-refractivity contribution is -0.0501. The first-order valence-corrected chi connectivity index (χ1v) is 10.9. The number of thioether (sulfide) groups is 1.